The topological polar surface area (TPSA) is 49.8 Å². The zero-order valence-electron chi connectivity index (χ0n) is 16.3. The lowest BCUT2D eigenvalue weighted by Crippen LogP contribution is -2.12. The summed E-state index contributed by atoms with van der Waals surface area (Å²) in [6, 6.07) is 7.66. The maximum Gasteiger partial charge on any atom is 0.179 e. The minimum atomic E-state index is 0.247. The van der Waals surface area contributed by atoms with Crippen LogP contribution in [0.2, 0.25) is 0 Å². The predicted molar refractivity (Wildman–Crippen MR) is 106 cm³/mol. The highest BCUT2D eigenvalue weighted by atomic mass is 16.5. The molecule has 0 aliphatic heterocycles. The molecule has 5 nitrogen and oxygen atoms in total. The van der Waals surface area contributed by atoms with Crippen LogP contribution < -0.4 is 18.9 Å². The van der Waals surface area contributed by atoms with Gasteiger partial charge in [-0.2, -0.15) is 0 Å². The smallest absolute Gasteiger partial charge is 0.179 e. The molecule has 0 spiro atoms. The van der Waals surface area contributed by atoms with Crippen LogP contribution in [0.4, 0.5) is 0 Å². The number of hydrogen-bond acceptors (Lipinski definition) is 5. The molecule has 1 saturated carbocycles. The van der Waals surface area contributed by atoms with Gasteiger partial charge in [0.05, 0.1) is 39.3 Å². The lowest BCUT2D eigenvalue weighted by Gasteiger charge is -2.18. The first-order chi connectivity index (χ1) is 13.2. The standard InChI is InChI=1S/C22H27NO4/c1-15(12-17-19(24-2)10-7-11-20(17)25-3)18-13-21(22(26-4)14-23-18)27-16-8-5-6-9-16/h7,10-11,13-14,16H,1,5-6,8-9,12H2,2-4H3. The Morgan fingerprint density at radius 2 is 1.63 bits per heavy atom. The van der Waals surface area contributed by atoms with Crippen molar-refractivity contribution in [3.8, 4) is 23.0 Å². The Bertz CT molecular complexity index is 775. The van der Waals surface area contributed by atoms with Crippen molar-refractivity contribution in [3.05, 3.63) is 48.3 Å². The van der Waals surface area contributed by atoms with Crippen molar-refractivity contribution in [2.24, 2.45) is 0 Å². The molecule has 5 heteroatoms. The van der Waals surface area contributed by atoms with E-state index in [-0.39, 0.29) is 6.10 Å². The number of methoxy groups -OCH3 is 3. The molecule has 0 bridgehead atoms. The Labute approximate surface area is 160 Å². The van der Waals surface area contributed by atoms with Crippen LogP contribution in [0.15, 0.2) is 37.0 Å². The first-order valence-electron chi connectivity index (χ1n) is 9.25. The van der Waals surface area contributed by atoms with E-state index in [0.717, 1.165) is 46.9 Å². The van der Waals surface area contributed by atoms with E-state index in [1.54, 1.807) is 27.5 Å². The van der Waals surface area contributed by atoms with Crippen LogP contribution in [0.25, 0.3) is 5.57 Å². The highest BCUT2D eigenvalue weighted by molar-refractivity contribution is 5.67. The van der Waals surface area contributed by atoms with Gasteiger partial charge in [-0.15, -0.1) is 0 Å². The molecule has 0 saturated heterocycles. The van der Waals surface area contributed by atoms with Gasteiger partial charge in [0.2, 0.25) is 0 Å². The Morgan fingerprint density at radius 3 is 2.22 bits per heavy atom. The molecule has 0 radical (unpaired) electrons. The molecule has 1 aliphatic carbocycles. The van der Waals surface area contributed by atoms with Gasteiger partial charge in [0.25, 0.3) is 0 Å². The second kappa shape index (κ2) is 8.80. The highest BCUT2D eigenvalue weighted by Gasteiger charge is 2.20. The summed E-state index contributed by atoms with van der Waals surface area (Å²) in [6.45, 7) is 4.23. The molecule has 0 atom stereocenters. The molecule has 27 heavy (non-hydrogen) atoms. The average molecular weight is 369 g/mol. The third-order valence-corrected chi connectivity index (χ3v) is 4.93. The zero-order valence-corrected chi connectivity index (χ0v) is 16.3. The van der Waals surface area contributed by atoms with Gasteiger partial charge in [-0.05, 0) is 43.4 Å². The molecule has 0 N–H and O–H groups in total. The Balaban J connectivity index is 1.84. The van der Waals surface area contributed by atoms with Crippen molar-refractivity contribution in [1.82, 2.24) is 4.98 Å². The van der Waals surface area contributed by atoms with E-state index in [0.29, 0.717) is 12.2 Å². The fraction of sp³-hybridized carbons (Fsp3) is 0.409. The van der Waals surface area contributed by atoms with Crippen molar-refractivity contribution in [2.75, 3.05) is 21.3 Å². The normalized spacial score (nSPS) is 14.0. The molecule has 0 unspecified atom stereocenters. The molecular weight excluding hydrogens is 342 g/mol. The molecule has 0 amide bonds. The molecule has 2 aromatic rings. The summed E-state index contributed by atoms with van der Waals surface area (Å²) in [5, 5.41) is 0. The average Bonchev–Trinajstić information content (AvgIpc) is 3.21. The first-order valence-corrected chi connectivity index (χ1v) is 9.25. The fourth-order valence-electron chi connectivity index (χ4n) is 3.46. The van der Waals surface area contributed by atoms with Crippen LogP contribution >= 0.6 is 0 Å². The third kappa shape index (κ3) is 4.35. The Kier molecular flexibility index (Phi) is 6.22. The number of allylic oxidation sites excluding steroid dienone is 1. The van der Waals surface area contributed by atoms with Gasteiger partial charge >= 0.3 is 0 Å². The van der Waals surface area contributed by atoms with Crippen molar-refractivity contribution >= 4 is 5.57 Å². The molecular formula is C22H27NO4. The van der Waals surface area contributed by atoms with E-state index in [4.69, 9.17) is 18.9 Å². The van der Waals surface area contributed by atoms with E-state index in [1.807, 2.05) is 24.3 Å². The summed E-state index contributed by atoms with van der Waals surface area (Å²) in [5.41, 5.74) is 2.58. The predicted octanol–water partition coefficient (Wildman–Crippen LogP) is 4.68. The summed E-state index contributed by atoms with van der Waals surface area (Å²) in [6.07, 6.45) is 7.10. The van der Waals surface area contributed by atoms with Crippen molar-refractivity contribution in [1.29, 1.82) is 0 Å². The Hall–Kier alpha value is -2.69. The Morgan fingerprint density at radius 1 is 1.00 bits per heavy atom. The van der Waals surface area contributed by atoms with Gasteiger partial charge in [0, 0.05) is 18.1 Å². The quantitative estimate of drug-likeness (QED) is 0.676. The zero-order chi connectivity index (χ0) is 19.2. The number of benzene rings is 1. The van der Waals surface area contributed by atoms with Crippen molar-refractivity contribution in [2.45, 2.75) is 38.2 Å². The minimum absolute atomic E-state index is 0.247. The second-order valence-corrected chi connectivity index (χ2v) is 6.67. The maximum atomic E-state index is 6.17. The number of nitrogens with zero attached hydrogens (tertiary/aromatic N) is 1. The molecule has 1 aromatic heterocycles. The van der Waals surface area contributed by atoms with Gasteiger partial charge in [0.15, 0.2) is 11.5 Å². The number of rotatable bonds is 8. The molecule has 1 fully saturated rings. The molecule has 144 valence electrons. The molecule has 1 heterocycles. The van der Waals surface area contributed by atoms with Crippen LogP contribution in [-0.4, -0.2) is 32.4 Å². The number of hydrogen-bond donors (Lipinski definition) is 0. The first kappa shape index (κ1) is 19.1. The SMILES string of the molecule is C=C(Cc1c(OC)cccc1OC)c1cc(OC2CCCC2)c(OC)cn1. The monoisotopic (exact) mass is 369 g/mol. The van der Waals surface area contributed by atoms with Crippen LogP contribution in [0, 0.1) is 0 Å². The lowest BCUT2D eigenvalue weighted by atomic mass is 10.0. The summed E-state index contributed by atoms with van der Waals surface area (Å²) < 4.78 is 22.6. The van der Waals surface area contributed by atoms with Gasteiger partial charge < -0.3 is 18.9 Å². The van der Waals surface area contributed by atoms with E-state index >= 15 is 0 Å². The molecule has 1 aromatic carbocycles. The highest BCUT2D eigenvalue weighted by Crippen LogP contribution is 2.35. The van der Waals surface area contributed by atoms with E-state index in [9.17, 15) is 0 Å². The van der Waals surface area contributed by atoms with E-state index in [1.165, 1.54) is 12.8 Å². The summed E-state index contributed by atoms with van der Waals surface area (Å²) in [7, 11) is 4.94. The van der Waals surface area contributed by atoms with Crippen LogP contribution in [-0.2, 0) is 6.42 Å². The van der Waals surface area contributed by atoms with Gasteiger partial charge in [-0.3, -0.25) is 4.98 Å². The van der Waals surface area contributed by atoms with Crippen molar-refractivity contribution < 1.29 is 18.9 Å². The number of ether oxygens (including phenoxy) is 4. The largest absolute Gasteiger partial charge is 0.496 e. The van der Waals surface area contributed by atoms with Crippen LogP contribution in [0.5, 0.6) is 23.0 Å². The van der Waals surface area contributed by atoms with E-state index in [2.05, 4.69) is 11.6 Å². The molecule has 3 rings (SSSR count). The molecule has 1 aliphatic rings. The van der Waals surface area contributed by atoms with Gasteiger partial charge in [-0.1, -0.05) is 12.6 Å². The summed E-state index contributed by atoms with van der Waals surface area (Å²) >= 11 is 0. The third-order valence-electron chi connectivity index (χ3n) is 4.93. The number of pyridine rings is 1. The lowest BCUT2D eigenvalue weighted by molar-refractivity contribution is 0.200. The maximum absolute atomic E-state index is 6.17. The van der Waals surface area contributed by atoms with Crippen LogP contribution in [0.3, 0.4) is 0 Å². The van der Waals surface area contributed by atoms with Gasteiger partial charge in [0.1, 0.15) is 11.5 Å². The minimum Gasteiger partial charge on any atom is -0.496 e. The van der Waals surface area contributed by atoms with Crippen molar-refractivity contribution in [3.63, 3.8) is 0 Å². The van der Waals surface area contributed by atoms with Crippen LogP contribution in [0.1, 0.15) is 36.9 Å². The van der Waals surface area contributed by atoms with E-state index < -0.39 is 0 Å². The summed E-state index contributed by atoms with van der Waals surface area (Å²) in [4.78, 5) is 4.51. The second-order valence-electron chi connectivity index (χ2n) is 6.67. The summed E-state index contributed by atoms with van der Waals surface area (Å²) in [5.74, 6) is 2.91. The number of aromatic nitrogens is 1. The van der Waals surface area contributed by atoms with Gasteiger partial charge in [-0.25, -0.2) is 0 Å². The fourth-order valence-corrected chi connectivity index (χ4v) is 3.46.